The molecule has 0 radical (unpaired) electrons. The Morgan fingerprint density at radius 1 is 1.22 bits per heavy atom. The first-order valence-corrected chi connectivity index (χ1v) is 6.63. The maximum absolute atomic E-state index is 11.8. The molecule has 0 aromatic heterocycles. The van der Waals surface area contributed by atoms with Crippen molar-refractivity contribution in [2.75, 3.05) is 27.2 Å². The molecule has 1 aromatic rings. The minimum atomic E-state index is -3.47. The topological polar surface area (TPSA) is 66.5 Å². The average Bonchev–Trinajstić information content (AvgIpc) is 2.28. The second-order valence-electron chi connectivity index (χ2n) is 3.89. The van der Waals surface area contributed by atoms with Crippen molar-refractivity contribution in [3.05, 3.63) is 29.8 Å². The van der Waals surface area contributed by atoms with Crippen molar-refractivity contribution in [1.29, 1.82) is 0 Å². The summed E-state index contributed by atoms with van der Waals surface area (Å²) in [6.07, 6.45) is 0.676. The Morgan fingerprint density at radius 3 is 2.22 bits per heavy atom. The summed E-state index contributed by atoms with van der Waals surface area (Å²) in [7, 11) is 0.263. The molecule has 0 aliphatic rings. The van der Waals surface area contributed by atoms with E-state index in [0.717, 1.165) is 0 Å². The van der Waals surface area contributed by atoms with Gasteiger partial charge in [0.2, 0.25) is 10.0 Å². The van der Waals surface area contributed by atoms with E-state index >= 15 is 0 Å². The minimum absolute atomic E-state index is 0. The molecule has 18 heavy (non-hydrogen) atoms. The van der Waals surface area contributed by atoms with Crippen LogP contribution in [0.1, 0.15) is 10.4 Å². The van der Waals surface area contributed by atoms with Crippen LogP contribution in [0.15, 0.2) is 29.2 Å². The van der Waals surface area contributed by atoms with Crippen LogP contribution >= 0.6 is 12.4 Å². The summed E-state index contributed by atoms with van der Waals surface area (Å²) < 4.78 is 26.1. The summed E-state index contributed by atoms with van der Waals surface area (Å²) in [6.45, 7) is 0.983. The van der Waals surface area contributed by atoms with E-state index in [1.807, 2.05) is 19.0 Å². The number of carbonyl (C=O) groups is 1. The molecule has 1 N–H and O–H groups in total. The van der Waals surface area contributed by atoms with E-state index in [4.69, 9.17) is 0 Å². The van der Waals surface area contributed by atoms with Crippen molar-refractivity contribution >= 4 is 28.7 Å². The number of halogens is 1. The summed E-state index contributed by atoms with van der Waals surface area (Å²) in [5.74, 6) is 0. The molecule has 0 heterocycles. The molecular weight excluding hydrogens is 276 g/mol. The molecule has 1 rings (SSSR count). The maximum Gasteiger partial charge on any atom is 0.240 e. The number of sulfonamides is 1. The Morgan fingerprint density at radius 2 is 1.78 bits per heavy atom. The van der Waals surface area contributed by atoms with Gasteiger partial charge in [-0.1, -0.05) is 12.1 Å². The predicted molar refractivity (Wildman–Crippen MR) is 72.8 cm³/mol. The Hall–Kier alpha value is -0.950. The molecule has 0 unspecified atom stereocenters. The van der Waals surface area contributed by atoms with E-state index in [9.17, 15) is 13.2 Å². The first-order chi connectivity index (χ1) is 7.95. The number of hydrogen-bond acceptors (Lipinski definition) is 4. The Balaban J connectivity index is 0.00000289. The van der Waals surface area contributed by atoms with Crippen molar-refractivity contribution in [1.82, 2.24) is 9.62 Å². The zero-order valence-corrected chi connectivity index (χ0v) is 11.9. The van der Waals surface area contributed by atoms with Gasteiger partial charge in [0.1, 0.15) is 6.29 Å². The number of hydrogen-bond donors (Lipinski definition) is 1. The summed E-state index contributed by atoms with van der Waals surface area (Å²) in [4.78, 5) is 12.5. The summed E-state index contributed by atoms with van der Waals surface area (Å²) in [5, 5.41) is 0. The summed E-state index contributed by atoms with van der Waals surface area (Å²) in [5.41, 5.74) is 0.456. The number of nitrogens with zero attached hydrogens (tertiary/aromatic N) is 1. The van der Waals surface area contributed by atoms with Gasteiger partial charge in [0.25, 0.3) is 0 Å². The lowest BCUT2D eigenvalue weighted by molar-refractivity contribution is 0.112. The lowest BCUT2D eigenvalue weighted by Crippen LogP contribution is -2.31. The van der Waals surface area contributed by atoms with Crippen LogP contribution in [0.2, 0.25) is 0 Å². The maximum atomic E-state index is 11.8. The SMILES string of the molecule is CN(C)CCNS(=O)(=O)c1ccc(C=O)cc1.Cl. The number of rotatable bonds is 6. The van der Waals surface area contributed by atoms with Gasteiger partial charge in [-0.3, -0.25) is 4.79 Å². The van der Waals surface area contributed by atoms with Gasteiger partial charge in [0, 0.05) is 18.7 Å². The van der Waals surface area contributed by atoms with E-state index in [-0.39, 0.29) is 17.3 Å². The molecule has 5 nitrogen and oxygen atoms in total. The van der Waals surface area contributed by atoms with E-state index in [1.165, 1.54) is 24.3 Å². The van der Waals surface area contributed by atoms with Gasteiger partial charge in [-0.15, -0.1) is 12.4 Å². The normalized spacial score (nSPS) is 11.1. The minimum Gasteiger partial charge on any atom is -0.308 e. The van der Waals surface area contributed by atoms with Gasteiger partial charge in [0.05, 0.1) is 4.90 Å². The Labute approximate surface area is 114 Å². The lowest BCUT2D eigenvalue weighted by Gasteiger charge is -2.10. The van der Waals surface area contributed by atoms with Crippen molar-refractivity contribution in [2.45, 2.75) is 4.90 Å². The monoisotopic (exact) mass is 292 g/mol. The highest BCUT2D eigenvalue weighted by atomic mass is 35.5. The third kappa shape index (κ3) is 5.14. The fourth-order valence-corrected chi connectivity index (χ4v) is 2.23. The van der Waals surface area contributed by atoms with Crippen LogP contribution in [-0.2, 0) is 10.0 Å². The molecule has 0 saturated heterocycles. The molecule has 1 aromatic carbocycles. The van der Waals surface area contributed by atoms with Crippen molar-refractivity contribution < 1.29 is 13.2 Å². The fraction of sp³-hybridized carbons (Fsp3) is 0.364. The average molecular weight is 293 g/mol. The van der Waals surface area contributed by atoms with Crippen LogP contribution < -0.4 is 4.72 Å². The van der Waals surface area contributed by atoms with E-state index < -0.39 is 10.0 Å². The highest BCUT2D eigenvalue weighted by molar-refractivity contribution is 7.89. The smallest absolute Gasteiger partial charge is 0.240 e. The zero-order chi connectivity index (χ0) is 12.9. The van der Waals surface area contributed by atoms with Gasteiger partial charge in [-0.05, 0) is 26.2 Å². The molecule has 0 amide bonds. The molecule has 102 valence electrons. The van der Waals surface area contributed by atoms with Crippen LogP contribution in [-0.4, -0.2) is 46.8 Å². The second-order valence-corrected chi connectivity index (χ2v) is 5.65. The van der Waals surface area contributed by atoms with Crippen LogP contribution in [0.25, 0.3) is 0 Å². The highest BCUT2D eigenvalue weighted by Gasteiger charge is 2.12. The molecule has 0 atom stereocenters. The summed E-state index contributed by atoms with van der Waals surface area (Å²) in [6, 6.07) is 5.80. The molecule has 0 aliphatic carbocycles. The number of aldehydes is 1. The molecule has 7 heteroatoms. The van der Waals surface area contributed by atoms with E-state index in [0.29, 0.717) is 24.9 Å². The van der Waals surface area contributed by atoms with Crippen molar-refractivity contribution in [3.63, 3.8) is 0 Å². The largest absolute Gasteiger partial charge is 0.308 e. The highest BCUT2D eigenvalue weighted by Crippen LogP contribution is 2.09. The quantitative estimate of drug-likeness (QED) is 0.786. The Kier molecular flexibility index (Phi) is 7.08. The number of nitrogens with one attached hydrogen (secondary N) is 1. The van der Waals surface area contributed by atoms with Crippen molar-refractivity contribution in [3.8, 4) is 0 Å². The third-order valence-corrected chi connectivity index (χ3v) is 3.65. The van der Waals surface area contributed by atoms with Gasteiger partial charge >= 0.3 is 0 Å². The molecule has 0 saturated carbocycles. The number of benzene rings is 1. The molecule has 0 fully saturated rings. The van der Waals surface area contributed by atoms with Crippen LogP contribution in [0.5, 0.6) is 0 Å². The number of likely N-dealkylation sites (N-methyl/N-ethyl adjacent to an activating group) is 1. The second kappa shape index (κ2) is 7.48. The lowest BCUT2D eigenvalue weighted by atomic mass is 10.2. The van der Waals surface area contributed by atoms with E-state index in [2.05, 4.69) is 4.72 Å². The van der Waals surface area contributed by atoms with Crippen molar-refractivity contribution in [2.24, 2.45) is 0 Å². The van der Waals surface area contributed by atoms with Crippen LogP contribution in [0, 0.1) is 0 Å². The first kappa shape index (κ1) is 17.1. The van der Waals surface area contributed by atoms with Gasteiger partial charge < -0.3 is 4.90 Å². The molecule has 0 aliphatic heterocycles. The zero-order valence-electron chi connectivity index (χ0n) is 10.3. The molecule has 0 bridgehead atoms. The molecular formula is C11H17ClN2O3S. The number of carbonyl (C=O) groups excluding carboxylic acids is 1. The van der Waals surface area contributed by atoms with Gasteiger partial charge in [-0.2, -0.15) is 0 Å². The van der Waals surface area contributed by atoms with E-state index in [1.54, 1.807) is 0 Å². The Bertz CT molecular complexity index is 472. The third-order valence-electron chi connectivity index (χ3n) is 2.18. The predicted octanol–water partition coefficient (Wildman–Crippen LogP) is 0.761. The standard InChI is InChI=1S/C11H16N2O3S.ClH/c1-13(2)8-7-12-17(15,16)11-5-3-10(9-14)4-6-11;/h3-6,9,12H,7-8H2,1-2H3;1H. The fourth-order valence-electron chi connectivity index (χ4n) is 1.21. The van der Waals surface area contributed by atoms with Gasteiger partial charge in [-0.25, -0.2) is 13.1 Å². The van der Waals surface area contributed by atoms with Crippen LogP contribution in [0.3, 0.4) is 0 Å². The van der Waals surface area contributed by atoms with Gasteiger partial charge in [0.15, 0.2) is 0 Å². The van der Waals surface area contributed by atoms with Crippen LogP contribution in [0.4, 0.5) is 0 Å². The summed E-state index contributed by atoms with van der Waals surface area (Å²) >= 11 is 0. The first-order valence-electron chi connectivity index (χ1n) is 5.15. The molecule has 0 spiro atoms.